The molecule has 0 saturated carbocycles. The molecule has 6 rings (SSSR count). The fourth-order valence-electron chi connectivity index (χ4n) is 6.90. The van der Waals surface area contributed by atoms with Crippen LogP contribution in [0, 0.1) is 0 Å². The Morgan fingerprint density at radius 2 is 1.04 bits per heavy atom. The average Bonchev–Trinajstić information content (AvgIpc) is 3.77. The predicted molar refractivity (Wildman–Crippen MR) is 228 cm³/mol. The molecule has 0 saturated heterocycles. The van der Waals surface area contributed by atoms with E-state index in [-0.39, 0.29) is 5.16 Å². The van der Waals surface area contributed by atoms with Crippen LogP contribution in [0.1, 0.15) is 93.3 Å². The highest BCUT2D eigenvalue weighted by atomic mass is 28.2. The Balaban J connectivity index is 0.000000322. The van der Waals surface area contributed by atoms with E-state index < -0.39 is 9.52 Å². The van der Waals surface area contributed by atoms with Gasteiger partial charge in [0, 0.05) is 12.4 Å². The molecule has 53 heavy (non-hydrogen) atoms. The second-order valence-electron chi connectivity index (χ2n) is 13.9. The Bertz CT molecular complexity index is 1720. The van der Waals surface area contributed by atoms with Gasteiger partial charge in [-0.25, -0.2) is 4.98 Å². The molecule has 0 atom stereocenters. The van der Waals surface area contributed by atoms with Crippen molar-refractivity contribution in [2.45, 2.75) is 76.2 Å². The summed E-state index contributed by atoms with van der Waals surface area (Å²) >= 11 is 0. The SMILES string of the molecule is BC(c1ccccc1)c1ccccc1.CCCCCCOc1ccc(C([SiH2]c2ccccc2)(c2ccc(OCCCCCC)cc2)n2ccnc2)cc1. The van der Waals surface area contributed by atoms with E-state index in [0.29, 0.717) is 5.82 Å². The van der Waals surface area contributed by atoms with Crippen LogP contribution in [0.3, 0.4) is 0 Å². The van der Waals surface area contributed by atoms with Crippen LogP contribution in [0.25, 0.3) is 0 Å². The largest absolute Gasteiger partial charge is 0.494 e. The van der Waals surface area contributed by atoms with Gasteiger partial charge in [0.05, 0.1) is 34.2 Å². The molecule has 6 aromatic rings. The Morgan fingerprint density at radius 3 is 1.45 bits per heavy atom. The fourth-order valence-corrected chi connectivity index (χ4v) is 9.25. The minimum Gasteiger partial charge on any atom is -0.494 e. The van der Waals surface area contributed by atoms with E-state index in [1.807, 2.05) is 12.5 Å². The maximum absolute atomic E-state index is 6.09. The molecule has 6 heteroatoms. The lowest BCUT2D eigenvalue weighted by atomic mass is 9.76. The van der Waals surface area contributed by atoms with Crippen LogP contribution >= 0.6 is 0 Å². The molecule has 0 radical (unpaired) electrons. The highest BCUT2D eigenvalue weighted by Crippen LogP contribution is 2.35. The first-order chi connectivity index (χ1) is 26.1. The first-order valence-corrected chi connectivity index (χ1v) is 21.1. The lowest BCUT2D eigenvalue weighted by Gasteiger charge is -2.37. The van der Waals surface area contributed by atoms with E-state index in [2.05, 4.69) is 177 Å². The standard InChI is InChI=1S/C34H44N2O2Si.C13H13B/c1-3-5-7-12-26-37-31-20-16-29(17-21-31)34(36-25-24-35-28-36,39-33-14-10-9-11-15-33)30-18-22-32(23-19-30)38-27-13-8-6-4-2;14-13(11-7-3-1-4-8-11)12-9-5-2-6-10-12/h9-11,14-25,28H,3-8,12-13,26-27,39H2,1-2H3;1-10,13H,14H2. The topological polar surface area (TPSA) is 36.3 Å². The third-order valence-electron chi connectivity index (χ3n) is 10.0. The molecule has 0 aliphatic heterocycles. The number of ether oxygens (including phenoxy) is 2. The van der Waals surface area contributed by atoms with Crippen LogP contribution in [0.2, 0.25) is 0 Å². The summed E-state index contributed by atoms with van der Waals surface area (Å²) in [5.41, 5.74) is 5.25. The number of nitrogens with zero attached hydrogens (tertiary/aromatic N) is 2. The molecule has 0 bridgehead atoms. The summed E-state index contributed by atoms with van der Waals surface area (Å²) in [5, 5.41) is 1.07. The predicted octanol–water partition coefficient (Wildman–Crippen LogP) is 9.45. The zero-order valence-corrected chi connectivity index (χ0v) is 33.5. The molecule has 0 amide bonds. The van der Waals surface area contributed by atoms with Crippen LogP contribution in [0.4, 0.5) is 0 Å². The molecule has 0 fully saturated rings. The zero-order chi connectivity index (χ0) is 37.0. The van der Waals surface area contributed by atoms with Crippen molar-refractivity contribution in [3.05, 3.63) is 181 Å². The highest BCUT2D eigenvalue weighted by Gasteiger charge is 2.37. The third-order valence-corrected chi connectivity index (χ3v) is 12.6. The lowest BCUT2D eigenvalue weighted by molar-refractivity contribution is 0.305. The molecule has 0 unspecified atom stereocenters. The van der Waals surface area contributed by atoms with Crippen LogP contribution in [-0.2, 0) is 5.16 Å². The van der Waals surface area contributed by atoms with E-state index in [1.54, 1.807) is 0 Å². The first kappa shape index (κ1) is 39.4. The van der Waals surface area contributed by atoms with Gasteiger partial charge in [-0.05, 0) is 65.2 Å². The fraction of sp³-hybridized carbons (Fsp3) is 0.298. The summed E-state index contributed by atoms with van der Waals surface area (Å²) in [6, 6.07) is 49.6. The number of aromatic nitrogens is 2. The van der Waals surface area contributed by atoms with E-state index >= 15 is 0 Å². The molecule has 0 aliphatic carbocycles. The highest BCUT2D eigenvalue weighted by molar-refractivity contribution is 6.57. The second kappa shape index (κ2) is 21.7. The van der Waals surface area contributed by atoms with Gasteiger partial charge < -0.3 is 14.0 Å². The zero-order valence-electron chi connectivity index (χ0n) is 32.1. The van der Waals surface area contributed by atoms with Gasteiger partial charge in [-0.2, -0.15) is 0 Å². The van der Waals surface area contributed by atoms with Crippen molar-refractivity contribution in [2.75, 3.05) is 13.2 Å². The van der Waals surface area contributed by atoms with E-state index in [1.165, 1.54) is 66.0 Å². The Kier molecular flexibility index (Phi) is 16.1. The van der Waals surface area contributed by atoms with Crippen molar-refractivity contribution in [1.29, 1.82) is 0 Å². The first-order valence-electron chi connectivity index (χ1n) is 19.7. The number of benzene rings is 5. The van der Waals surface area contributed by atoms with Gasteiger partial charge in [-0.1, -0.05) is 173 Å². The molecule has 0 aliphatic rings. The molecular weight excluding hydrogens is 663 g/mol. The Morgan fingerprint density at radius 1 is 0.585 bits per heavy atom. The number of imidazole rings is 1. The maximum Gasteiger partial charge on any atom is 0.119 e. The van der Waals surface area contributed by atoms with E-state index in [4.69, 9.17) is 9.47 Å². The van der Waals surface area contributed by atoms with Crippen LogP contribution in [0.15, 0.2) is 158 Å². The Labute approximate surface area is 321 Å². The second-order valence-corrected chi connectivity index (χ2v) is 16.1. The molecular formula is C47H57BN2O2Si. The van der Waals surface area contributed by atoms with Gasteiger partial charge in [0.25, 0.3) is 0 Å². The van der Waals surface area contributed by atoms with Crippen molar-refractivity contribution >= 4 is 22.6 Å². The quantitative estimate of drug-likeness (QED) is 0.0618. The van der Waals surface area contributed by atoms with E-state index in [9.17, 15) is 0 Å². The van der Waals surface area contributed by atoms with Crippen LogP contribution in [-0.4, -0.2) is 40.1 Å². The minimum absolute atomic E-state index is 0.336. The summed E-state index contributed by atoms with van der Waals surface area (Å²) in [6.45, 7) is 6.01. The van der Waals surface area contributed by atoms with Gasteiger partial charge in [0.1, 0.15) is 19.3 Å². The van der Waals surface area contributed by atoms with Crippen molar-refractivity contribution < 1.29 is 9.47 Å². The Hall–Kier alpha value is -4.81. The van der Waals surface area contributed by atoms with E-state index in [0.717, 1.165) is 37.6 Å². The third kappa shape index (κ3) is 11.6. The smallest absolute Gasteiger partial charge is 0.119 e. The van der Waals surface area contributed by atoms with Crippen LogP contribution in [0.5, 0.6) is 11.5 Å². The van der Waals surface area contributed by atoms with Gasteiger partial charge in [0.15, 0.2) is 0 Å². The monoisotopic (exact) mass is 720 g/mol. The van der Waals surface area contributed by atoms with Crippen molar-refractivity contribution in [3.8, 4) is 11.5 Å². The van der Waals surface area contributed by atoms with Crippen LogP contribution < -0.4 is 14.7 Å². The van der Waals surface area contributed by atoms with Crippen molar-refractivity contribution in [3.63, 3.8) is 0 Å². The van der Waals surface area contributed by atoms with Gasteiger partial charge >= 0.3 is 0 Å². The lowest BCUT2D eigenvalue weighted by Crippen LogP contribution is -2.46. The molecule has 1 heterocycles. The maximum atomic E-state index is 6.09. The van der Waals surface area contributed by atoms with Crippen molar-refractivity contribution in [2.24, 2.45) is 0 Å². The van der Waals surface area contributed by atoms with Gasteiger partial charge in [-0.3, -0.25) is 0 Å². The minimum atomic E-state index is -0.904. The summed E-state index contributed by atoms with van der Waals surface area (Å²) < 4.78 is 14.5. The average molecular weight is 721 g/mol. The summed E-state index contributed by atoms with van der Waals surface area (Å²) in [7, 11) is 1.34. The van der Waals surface area contributed by atoms with Gasteiger partial charge in [-0.15, -0.1) is 0 Å². The summed E-state index contributed by atoms with van der Waals surface area (Å²) in [4.78, 5) is 4.48. The molecule has 1 aromatic heterocycles. The number of hydrogen-bond donors (Lipinski definition) is 0. The molecule has 0 spiro atoms. The summed E-state index contributed by atoms with van der Waals surface area (Å²) in [6.07, 6.45) is 15.6. The van der Waals surface area contributed by atoms with Gasteiger partial charge in [0.2, 0.25) is 0 Å². The molecule has 4 nitrogen and oxygen atoms in total. The normalized spacial score (nSPS) is 11.4. The number of unbranched alkanes of at least 4 members (excludes halogenated alkanes) is 6. The molecule has 274 valence electrons. The number of rotatable bonds is 19. The molecule has 5 aromatic carbocycles. The number of hydrogen-bond acceptors (Lipinski definition) is 3. The van der Waals surface area contributed by atoms with Crippen molar-refractivity contribution in [1.82, 2.24) is 9.55 Å². The molecule has 0 N–H and O–H groups in total. The summed E-state index contributed by atoms with van der Waals surface area (Å²) in [5.74, 6) is 2.35.